The lowest BCUT2D eigenvalue weighted by Gasteiger charge is -2.37. The first kappa shape index (κ1) is 14.5. The summed E-state index contributed by atoms with van der Waals surface area (Å²) in [7, 11) is 0. The number of ketones is 1. The third-order valence-electron chi connectivity index (χ3n) is 4.79. The van der Waals surface area contributed by atoms with Crippen LogP contribution in [0.2, 0.25) is 0 Å². The second kappa shape index (κ2) is 6.06. The first-order valence-electron chi connectivity index (χ1n) is 7.80. The molecule has 0 unspecified atom stereocenters. The Balaban J connectivity index is 1.78. The molecule has 19 heavy (non-hydrogen) atoms. The quantitative estimate of drug-likeness (QED) is 0.786. The number of amides is 1. The molecule has 1 saturated heterocycles. The van der Waals surface area contributed by atoms with Crippen molar-refractivity contribution in [2.24, 2.45) is 11.3 Å². The molecule has 0 N–H and O–H groups in total. The van der Waals surface area contributed by atoms with Crippen molar-refractivity contribution in [3.63, 3.8) is 0 Å². The van der Waals surface area contributed by atoms with Gasteiger partial charge in [-0.25, -0.2) is 0 Å². The molecule has 0 spiro atoms. The zero-order valence-corrected chi connectivity index (χ0v) is 12.4. The number of carbonyl (C=O) groups is 2. The molecule has 0 aromatic carbocycles. The minimum absolute atomic E-state index is 0.256. The Hall–Kier alpha value is -0.860. The fourth-order valence-corrected chi connectivity index (χ4v) is 3.39. The fraction of sp³-hybridized carbons (Fsp3) is 0.875. The van der Waals surface area contributed by atoms with Crippen molar-refractivity contribution in [3.05, 3.63) is 0 Å². The van der Waals surface area contributed by atoms with Crippen molar-refractivity contribution in [1.29, 1.82) is 0 Å². The highest BCUT2D eigenvalue weighted by atomic mass is 16.2. The van der Waals surface area contributed by atoms with Crippen LogP contribution >= 0.6 is 0 Å². The molecule has 3 nitrogen and oxygen atoms in total. The molecule has 2 fully saturated rings. The van der Waals surface area contributed by atoms with Crippen LogP contribution in [0.1, 0.15) is 65.2 Å². The molecule has 0 radical (unpaired) electrons. The van der Waals surface area contributed by atoms with E-state index in [-0.39, 0.29) is 11.3 Å². The first-order valence-corrected chi connectivity index (χ1v) is 7.80. The molecule has 0 bridgehead atoms. The Labute approximate surface area is 116 Å². The lowest BCUT2D eigenvalue weighted by atomic mass is 9.82. The van der Waals surface area contributed by atoms with Gasteiger partial charge in [0.1, 0.15) is 5.78 Å². The lowest BCUT2D eigenvalue weighted by molar-refractivity contribution is -0.141. The Morgan fingerprint density at radius 3 is 2.58 bits per heavy atom. The lowest BCUT2D eigenvalue weighted by Crippen LogP contribution is -2.48. The van der Waals surface area contributed by atoms with E-state index >= 15 is 0 Å². The van der Waals surface area contributed by atoms with E-state index in [1.54, 1.807) is 0 Å². The Morgan fingerprint density at radius 2 is 1.95 bits per heavy atom. The van der Waals surface area contributed by atoms with Gasteiger partial charge in [0.05, 0.1) is 0 Å². The summed E-state index contributed by atoms with van der Waals surface area (Å²) in [6.07, 6.45) is 8.90. The number of piperidine rings is 1. The molecular formula is C16H27NO2. The fourth-order valence-electron chi connectivity index (χ4n) is 3.39. The summed E-state index contributed by atoms with van der Waals surface area (Å²) in [5.74, 6) is 1.31. The van der Waals surface area contributed by atoms with Gasteiger partial charge in [0, 0.05) is 31.3 Å². The van der Waals surface area contributed by atoms with E-state index in [0.29, 0.717) is 31.7 Å². The van der Waals surface area contributed by atoms with E-state index in [1.165, 1.54) is 32.1 Å². The van der Waals surface area contributed by atoms with Gasteiger partial charge >= 0.3 is 0 Å². The molecule has 0 aromatic rings. The van der Waals surface area contributed by atoms with Crippen LogP contribution in [0.15, 0.2) is 0 Å². The number of Topliss-reactive ketones (excluding diaryl/α,β-unsaturated/α-hetero) is 1. The Morgan fingerprint density at radius 1 is 1.26 bits per heavy atom. The molecule has 3 heteroatoms. The van der Waals surface area contributed by atoms with Gasteiger partial charge in [-0.1, -0.05) is 46.0 Å². The van der Waals surface area contributed by atoms with Crippen LogP contribution in [0.5, 0.6) is 0 Å². The molecule has 1 heterocycles. The van der Waals surface area contributed by atoms with Gasteiger partial charge in [0.2, 0.25) is 5.91 Å². The largest absolute Gasteiger partial charge is 0.341 e. The molecule has 1 aliphatic carbocycles. The molecule has 1 aliphatic heterocycles. The van der Waals surface area contributed by atoms with Crippen molar-refractivity contribution in [2.45, 2.75) is 65.2 Å². The summed E-state index contributed by atoms with van der Waals surface area (Å²) in [5, 5.41) is 0. The Bertz CT molecular complexity index is 343. The highest BCUT2D eigenvalue weighted by Crippen LogP contribution is 2.29. The van der Waals surface area contributed by atoms with Gasteiger partial charge in [0.15, 0.2) is 0 Å². The van der Waals surface area contributed by atoms with Crippen LogP contribution in [0, 0.1) is 11.3 Å². The molecule has 2 aliphatic rings. The van der Waals surface area contributed by atoms with E-state index < -0.39 is 0 Å². The van der Waals surface area contributed by atoms with Crippen molar-refractivity contribution in [1.82, 2.24) is 4.90 Å². The zero-order chi connectivity index (χ0) is 13.9. The third kappa shape index (κ3) is 3.80. The number of hydrogen-bond acceptors (Lipinski definition) is 2. The topological polar surface area (TPSA) is 37.4 Å². The van der Waals surface area contributed by atoms with Crippen molar-refractivity contribution in [3.8, 4) is 0 Å². The minimum atomic E-state index is -0.348. The van der Waals surface area contributed by atoms with E-state index in [0.717, 1.165) is 12.3 Å². The average Bonchev–Trinajstić information content (AvgIpc) is 2.40. The van der Waals surface area contributed by atoms with Crippen LogP contribution in [-0.4, -0.2) is 29.7 Å². The predicted octanol–water partition coefficient (Wildman–Crippen LogP) is 3.17. The van der Waals surface area contributed by atoms with Crippen LogP contribution < -0.4 is 0 Å². The van der Waals surface area contributed by atoms with Gasteiger partial charge in [-0.3, -0.25) is 9.59 Å². The summed E-state index contributed by atoms with van der Waals surface area (Å²) in [6, 6.07) is 0. The molecule has 1 amide bonds. The van der Waals surface area contributed by atoms with Gasteiger partial charge < -0.3 is 4.90 Å². The van der Waals surface area contributed by atoms with Gasteiger partial charge in [-0.05, 0) is 12.3 Å². The second-order valence-corrected chi connectivity index (χ2v) is 6.92. The minimum Gasteiger partial charge on any atom is -0.341 e. The summed E-state index contributed by atoms with van der Waals surface area (Å²) in [4.78, 5) is 25.9. The smallest absolute Gasteiger partial charge is 0.222 e. The Kier molecular flexibility index (Phi) is 4.64. The molecule has 0 aromatic heterocycles. The number of nitrogens with zero attached hydrogens (tertiary/aromatic N) is 1. The van der Waals surface area contributed by atoms with Crippen molar-refractivity contribution < 1.29 is 9.59 Å². The molecule has 0 atom stereocenters. The normalized spacial score (nSPS) is 24.5. The zero-order valence-electron chi connectivity index (χ0n) is 12.4. The maximum atomic E-state index is 12.2. The monoisotopic (exact) mass is 265 g/mol. The van der Waals surface area contributed by atoms with Crippen LogP contribution in [0.3, 0.4) is 0 Å². The molecule has 2 rings (SSSR count). The van der Waals surface area contributed by atoms with E-state index in [2.05, 4.69) is 0 Å². The van der Waals surface area contributed by atoms with Crippen LogP contribution in [0.4, 0.5) is 0 Å². The number of rotatable bonds is 3. The number of likely N-dealkylation sites (tertiary alicyclic amines) is 1. The highest BCUT2D eigenvalue weighted by molar-refractivity contribution is 5.87. The van der Waals surface area contributed by atoms with Crippen LogP contribution in [-0.2, 0) is 9.59 Å². The third-order valence-corrected chi connectivity index (χ3v) is 4.79. The maximum absolute atomic E-state index is 12.2. The molecule has 1 saturated carbocycles. The highest BCUT2D eigenvalue weighted by Gasteiger charge is 2.35. The van der Waals surface area contributed by atoms with Gasteiger partial charge in [0.25, 0.3) is 0 Å². The second-order valence-electron chi connectivity index (χ2n) is 6.92. The molecule has 108 valence electrons. The van der Waals surface area contributed by atoms with Crippen molar-refractivity contribution in [2.75, 3.05) is 13.1 Å². The van der Waals surface area contributed by atoms with E-state index in [4.69, 9.17) is 0 Å². The van der Waals surface area contributed by atoms with Crippen LogP contribution in [0.25, 0.3) is 0 Å². The number of carbonyl (C=O) groups excluding carboxylic acids is 2. The standard InChI is InChI=1S/C16H27NO2/c1-16(2)12-17(11-10-14(16)18)15(19)9-8-13-6-4-3-5-7-13/h13H,3-12H2,1-2H3. The van der Waals surface area contributed by atoms with E-state index in [1.807, 2.05) is 18.7 Å². The predicted molar refractivity (Wildman–Crippen MR) is 75.8 cm³/mol. The summed E-state index contributed by atoms with van der Waals surface area (Å²) >= 11 is 0. The van der Waals surface area contributed by atoms with Gasteiger partial charge in [-0.15, -0.1) is 0 Å². The summed E-state index contributed by atoms with van der Waals surface area (Å²) < 4.78 is 0. The first-order chi connectivity index (χ1) is 8.99. The average molecular weight is 265 g/mol. The summed E-state index contributed by atoms with van der Waals surface area (Å²) in [6.45, 7) is 5.15. The molecular weight excluding hydrogens is 238 g/mol. The van der Waals surface area contributed by atoms with E-state index in [9.17, 15) is 9.59 Å². The maximum Gasteiger partial charge on any atom is 0.222 e. The number of hydrogen-bond donors (Lipinski definition) is 0. The van der Waals surface area contributed by atoms with Crippen molar-refractivity contribution >= 4 is 11.7 Å². The van der Waals surface area contributed by atoms with Gasteiger partial charge in [-0.2, -0.15) is 0 Å². The summed E-state index contributed by atoms with van der Waals surface area (Å²) in [5.41, 5.74) is -0.348. The SMILES string of the molecule is CC1(C)CN(C(=O)CCC2CCCCC2)CCC1=O.